The van der Waals surface area contributed by atoms with E-state index in [1.807, 2.05) is 6.07 Å². The van der Waals surface area contributed by atoms with Crippen LogP contribution in [0.25, 0.3) is 10.9 Å². The third-order valence-electron chi connectivity index (χ3n) is 3.97. The number of ether oxygens (including phenoxy) is 2. The Balaban J connectivity index is 1.67. The van der Waals surface area contributed by atoms with Crippen LogP contribution in [-0.2, 0) is 14.3 Å². The van der Waals surface area contributed by atoms with Gasteiger partial charge in [0.25, 0.3) is 5.91 Å². The summed E-state index contributed by atoms with van der Waals surface area (Å²) in [5, 5.41) is 3.24. The number of fused-ring (bicyclic) bond motifs is 1. The van der Waals surface area contributed by atoms with E-state index in [9.17, 15) is 14.4 Å². The number of hydrogen-bond acceptors (Lipinski definition) is 6. The first-order chi connectivity index (χ1) is 13.5. The molecule has 1 heterocycles. The number of nitrogens with one attached hydrogen (secondary N) is 1. The smallest absolute Gasteiger partial charge is 0.339 e. The van der Waals surface area contributed by atoms with Gasteiger partial charge in [-0.2, -0.15) is 0 Å². The number of carbonyl (C=O) groups excluding carboxylic acids is 3. The first kappa shape index (κ1) is 19.0. The van der Waals surface area contributed by atoms with Gasteiger partial charge in [0.05, 0.1) is 23.8 Å². The zero-order valence-electron chi connectivity index (χ0n) is 15.4. The molecule has 0 aliphatic carbocycles. The lowest BCUT2D eigenvalue weighted by Crippen LogP contribution is -2.21. The van der Waals surface area contributed by atoms with E-state index in [-0.39, 0.29) is 0 Å². The molecule has 0 aliphatic heterocycles. The molecule has 1 N–H and O–H groups in total. The number of methoxy groups -OCH3 is 1. The number of amides is 1. The molecule has 3 aromatic rings. The Morgan fingerprint density at radius 2 is 1.79 bits per heavy atom. The topological polar surface area (TPSA) is 94.6 Å². The molecule has 0 saturated carbocycles. The zero-order valence-corrected chi connectivity index (χ0v) is 15.4. The fourth-order valence-corrected chi connectivity index (χ4v) is 2.72. The number of rotatable bonds is 5. The maximum absolute atomic E-state index is 12.5. The number of pyridine rings is 1. The van der Waals surface area contributed by atoms with Gasteiger partial charge < -0.3 is 14.8 Å². The van der Waals surface area contributed by atoms with Crippen LogP contribution < -0.4 is 5.32 Å². The minimum atomic E-state index is -0.611. The average Bonchev–Trinajstić information content (AvgIpc) is 2.70. The molecule has 1 amide bonds. The van der Waals surface area contributed by atoms with Crippen LogP contribution in [0.4, 0.5) is 5.69 Å². The van der Waals surface area contributed by atoms with Gasteiger partial charge in [0.1, 0.15) is 0 Å². The summed E-state index contributed by atoms with van der Waals surface area (Å²) < 4.78 is 9.80. The molecule has 0 radical (unpaired) electrons. The van der Waals surface area contributed by atoms with Crippen LogP contribution in [0.1, 0.15) is 26.4 Å². The summed E-state index contributed by atoms with van der Waals surface area (Å²) in [6.07, 6.45) is 0. The number of aromatic nitrogens is 1. The fourth-order valence-electron chi connectivity index (χ4n) is 2.72. The molecule has 2 aromatic carbocycles. The SMILES string of the molecule is COC(=O)c1cccc(NC(=O)COC(=O)c2cc(C)nc3ccccc23)c1. The van der Waals surface area contributed by atoms with Crippen molar-refractivity contribution < 1.29 is 23.9 Å². The summed E-state index contributed by atoms with van der Waals surface area (Å²) in [4.78, 5) is 40.5. The van der Waals surface area contributed by atoms with E-state index in [1.54, 1.807) is 49.4 Å². The van der Waals surface area contributed by atoms with Crippen molar-refractivity contribution >= 4 is 34.4 Å². The predicted molar refractivity (Wildman–Crippen MR) is 103 cm³/mol. The Labute approximate surface area is 161 Å². The predicted octanol–water partition coefficient (Wildman–Crippen LogP) is 3.13. The summed E-state index contributed by atoms with van der Waals surface area (Å²) in [6, 6.07) is 15.1. The maximum atomic E-state index is 12.5. The summed E-state index contributed by atoms with van der Waals surface area (Å²) in [7, 11) is 1.28. The second-order valence-electron chi connectivity index (χ2n) is 6.03. The quantitative estimate of drug-likeness (QED) is 0.686. The van der Waals surface area contributed by atoms with E-state index in [0.717, 1.165) is 0 Å². The van der Waals surface area contributed by atoms with Gasteiger partial charge in [0.2, 0.25) is 0 Å². The standard InChI is InChI=1S/C21H18N2O5/c1-13-10-17(16-8-3-4-9-18(16)22-13)21(26)28-12-19(24)23-15-7-5-6-14(11-15)20(25)27-2/h3-11H,12H2,1-2H3,(H,23,24). The van der Waals surface area contributed by atoms with Crippen molar-refractivity contribution in [2.75, 3.05) is 19.0 Å². The van der Waals surface area contributed by atoms with Crippen molar-refractivity contribution in [3.63, 3.8) is 0 Å². The number of hydrogen-bond donors (Lipinski definition) is 1. The van der Waals surface area contributed by atoms with Crippen LogP contribution in [0, 0.1) is 6.92 Å². The number of benzene rings is 2. The fraction of sp³-hybridized carbons (Fsp3) is 0.143. The monoisotopic (exact) mass is 378 g/mol. The van der Waals surface area contributed by atoms with Crippen molar-refractivity contribution in [1.82, 2.24) is 4.98 Å². The maximum Gasteiger partial charge on any atom is 0.339 e. The van der Waals surface area contributed by atoms with Crippen LogP contribution in [-0.4, -0.2) is 36.5 Å². The third-order valence-corrected chi connectivity index (χ3v) is 3.97. The van der Waals surface area contributed by atoms with Crippen molar-refractivity contribution in [3.05, 3.63) is 71.4 Å². The van der Waals surface area contributed by atoms with Gasteiger partial charge in [0.15, 0.2) is 6.61 Å². The number of para-hydroxylation sites is 1. The molecular formula is C21H18N2O5. The second-order valence-corrected chi connectivity index (χ2v) is 6.03. The van der Waals surface area contributed by atoms with Crippen LogP contribution in [0.3, 0.4) is 0 Å². The second kappa shape index (κ2) is 8.30. The first-order valence-corrected chi connectivity index (χ1v) is 8.49. The molecule has 7 nitrogen and oxygen atoms in total. The lowest BCUT2D eigenvalue weighted by Gasteiger charge is -2.09. The summed E-state index contributed by atoms with van der Waals surface area (Å²) in [5.74, 6) is -1.65. The molecule has 3 rings (SSSR count). The summed E-state index contributed by atoms with van der Waals surface area (Å²) in [5.41, 5.74) is 2.40. The third kappa shape index (κ3) is 4.32. The van der Waals surface area contributed by atoms with Crippen molar-refractivity contribution in [2.24, 2.45) is 0 Å². The molecule has 0 saturated heterocycles. The minimum absolute atomic E-state index is 0.302. The number of anilines is 1. The number of esters is 2. The van der Waals surface area contributed by atoms with Crippen molar-refractivity contribution in [3.8, 4) is 0 Å². The Morgan fingerprint density at radius 1 is 1.00 bits per heavy atom. The molecule has 0 atom stereocenters. The molecule has 28 heavy (non-hydrogen) atoms. The Morgan fingerprint density at radius 3 is 2.57 bits per heavy atom. The molecule has 7 heteroatoms. The first-order valence-electron chi connectivity index (χ1n) is 8.49. The number of nitrogens with zero attached hydrogens (tertiary/aromatic N) is 1. The van der Waals surface area contributed by atoms with Gasteiger partial charge in [-0.15, -0.1) is 0 Å². The lowest BCUT2D eigenvalue weighted by molar-refractivity contribution is -0.119. The van der Waals surface area contributed by atoms with Crippen molar-refractivity contribution in [1.29, 1.82) is 0 Å². The van der Waals surface area contributed by atoms with Crippen LogP contribution in [0.15, 0.2) is 54.6 Å². The molecule has 0 spiro atoms. The van der Waals surface area contributed by atoms with Gasteiger partial charge in [-0.05, 0) is 37.3 Å². The molecule has 142 valence electrons. The Kier molecular flexibility index (Phi) is 5.64. The highest BCUT2D eigenvalue weighted by atomic mass is 16.5. The van der Waals surface area contributed by atoms with Crippen molar-refractivity contribution in [2.45, 2.75) is 6.92 Å². The molecule has 0 fully saturated rings. The molecule has 0 aliphatic rings. The van der Waals surface area contributed by atoms with E-state index in [0.29, 0.717) is 33.4 Å². The summed E-state index contributed by atoms with van der Waals surface area (Å²) >= 11 is 0. The highest BCUT2D eigenvalue weighted by molar-refractivity contribution is 6.04. The minimum Gasteiger partial charge on any atom is -0.465 e. The van der Waals surface area contributed by atoms with E-state index in [2.05, 4.69) is 15.0 Å². The van der Waals surface area contributed by atoms with Crippen LogP contribution in [0.2, 0.25) is 0 Å². The molecular weight excluding hydrogens is 360 g/mol. The zero-order chi connectivity index (χ0) is 20.1. The number of aryl methyl sites for hydroxylation is 1. The molecule has 1 aromatic heterocycles. The number of carbonyl (C=O) groups is 3. The molecule has 0 unspecified atom stereocenters. The Hall–Kier alpha value is -3.74. The van der Waals surface area contributed by atoms with E-state index < -0.39 is 24.5 Å². The highest BCUT2D eigenvalue weighted by Crippen LogP contribution is 2.19. The van der Waals surface area contributed by atoms with Crippen LogP contribution >= 0.6 is 0 Å². The average molecular weight is 378 g/mol. The van der Waals surface area contributed by atoms with Crippen LogP contribution in [0.5, 0.6) is 0 Å². The summed E-state index contributed by atoms with van der Waals surface area (Å²) in [6.45, 7) is 1.32. The van der Waals surface area contributed by atoms with Gasteiger partial charge in [-0.25, -0.2) is 9.59 Å². The van der Waals surface area contributed by atoms with Gasteiger partial charge in [-0.1, -0.05) is 24.3 Å². The Bertz CT molecular complexity index is 1060. The normalized spacial score (nSPS) is 10.4. The largest absolute Gasteiger partial charge is 0.465 e. The van der Waals surface area contributed by atoms with E-state index >= 15 is 0 Å². The van der Waals surface area contributed by atoms with Gasteiger partial charge in [0, 0.05) is 16.8 Å². The lowest BCUT2D eigenvalue weighted by atomic mass is 10.1. The van der Waals surface area contributed by atoms with Gasteiger partial charge in [-0.3, -0.25) is 9.78 Å². The van der Waals surface area contributed by atoms with E-state index in [4.69, 9.17) is 4.74 Å². The molecule has 0 bridgehead atoms. The highest BCUT2D eigenvalue weighted by Gasteiger charge is 2.15. The van der Waals surface area contributed by atoms with E-state index in [1.165, 1.54) is 13.2 Å². The van der Waals surface area contributed by atoms with Gasteiger partial charge >= 0.3 is 11.9 Å².